The maximum absolute atomic E-state index is 2.69. The molecular weight excluding hydrogens is 629 g/mol. The Hall–Kier alpha value is -4.30. The van der Waals surface area contributed by atoms with Gasteiger partial charge < -0.3 is 8.80 Å². The lowest BCUT2D eigenvalue weighted by atomic mass is 9.66. The standard InChI is InChI=1S/C50H48N2/c1-49(2,3)29-19-35-33-23-42-34(24-41(33)51-39-17-15-31-25-7-11-27(12-8-25)43(31)45(39)37(21-29)47(35)51)36-20-30(50(4,5)6)22-38-46-40(52(42)48(36)38)18-16-32-26-9-13-28(14-10-26)44(32)46/h15-28H,7-14H2,1-6H3. The fourth-order valence-corrected chi connectivity index (χ4v) is 12.7. The summed E-state index contributed by atoms with van der Waals surface area (Å²) in [4.78, 5) is 0. The predicted octanol–water partition coefficient (Wildman–Crippen LogP) is 14.1. The summed E-state index contributed by atoms with van der Waals surface area (Å²) in [5.74, 6) is 2.90. The van der Waals surface area contributed by atoms with Crippen molar-refractivity contribution in [1.82, 2.24) is 8.80 Å². The molecule has 6 aliphatic carbocycles. The molecule has 0 amide bonds. The van der Waals surface area contributed by atoms with Crippen LogP contribution >= 0.6 is 0 Å². The van der Waals surface area contributed by atoms with Gasteiger partial charge in [0.05, 0.1) is 33.1 Å². The number of benzene rings is 5. The molecule has 2 nitrogen and oxygen atoms in total. The van der Waals surface area contributed by atoms with Crippen LogP contribution in [0.25, 0.3) is 76.2 Å². The number of nitrogens with zero attached hydrogens (tertiary/aromatic N) is 2. The van der Waals surface area contributed by atoms with Crippen LogP contribution in [-0.4, -0.2) is 8.80 Å². The summed E-state index contributed by atoms with van der Waals surface area (Å²) < 4.78 is 5.38. The van der Waals surface area contributed by atoms with Crippen molar-refractivity contribution in [2.75, 3.05) is 0 Å². The molecule has 2 saturated carbocycles. The maximum atomic E-state index is 2.69. The Balaban J connectivity index is 1.23. The van der Waals surface area contributed by atoms with E-state index in [-0.39, 0.29) is 10.8 Å². The molecule has 9 aromatic rings. The molecule has 258 valence electrons. The third-order valence-electron chi connectivity index (χ3n) is 15.3. The van der Waals surface area contributed by atoms with Gasteiger partial charge in [-0.1, -0.05) is 53.7 Å². The van der Waals surface area contributed by atoms with E-state index in [4.69, 9.17) is 0 Å². The lowest BCUT2D eigenvalue weighted by molar-refractivity contribution is 0.361. The van der Waals surface area contributed by atoms with Crippen LogP contribution < -0.4 is 0 Å². The minimum Gasteiger partial charge on any atom is -0.308 e. The number of aromatic nitrogens is 2. The van der Waals surface area contributed by atoms with Crippen molar-refractivity contribution >= 4 is 76.2 Å². The van der Waals surface area contributed by atoms with E-state index in [0.717, 1.165) is 11.8 Å². The molecule has 2 heteroatoms. The smallest absolute Gasteiger partial charge is 0.0620 e. The van der Waals surface area contributed by atoms with Crippen LogP contribution in [0.15, 0.2) is 60.7 Å². The molecule has 0 unspecified atom stereocenters. The Labute approximate surface area is 305 Å². The van der Waals surface area contributed by atoms with Gasteiger partial charge in [0.25, 0.3) is 0 Å². The first-order valence-corrected chi connectivity index (χ1v) is 20.5. The van der Waals surface area contributed by atoms with Gasteiger partial charge in [-0.25, -0.2) is 0 Å². The largest absolute Gasteiger partial charge is 0.308 e. The zero-order valence-corrected chi connectivity index (χ0v) is 31.6. The Morgan fingerprint density at radius 1 is 0.404 bits per heavy atom. The zero-order chi connectivity index (χ0) is 34.7. The quantitative estimate of drug-likeness (QED) is 0.151. The van der Waals surface area contributed by atoms with Crippen LogP contribution in [0, 0.1) is 0 Å². The first-order valence-electron chi connectivity index (χ1n) is 20.5. The second kappa shape index (κ2) is 9.07. The van der Waals surface area contributed by atoms with Crippen LogP contribution in [-0.2, 0) is 10.8 Å². The van der Waals surface area contributed by atoms with E-state index in [9.17, 15) is 0 Å². The Morgan fingerprint density at radius 2 is 0.769 bits per heavy atom. The van der Waals surface area contributed by atoms with Gasteiger partial charge in [0.15, 0.2) is 0 Å². The average Bonchev–Trinajstić information content (AvgIpc) is 3.86. The molecule has 4 aromatic heterocycles. The van der Waals surface area contributed by atoms with Gasteiger partial charge in [-0.2, -0.15) is 0 Å². The number of rotatable bonds is 0. The number of hydrogen-bond donors (Lipinski definition) is 0. The van der Waals surface area contributed by atoms with E-state index in [1.807, 2.05) is 0 Å². The molecule has 0 spiro atoms. The van der Waals surface area contributed by atoms with Gasteiger partial charge in [-0.15, -0.1) is 0 Å². The lowest BCUT2D eigenvalue weighted by Crippen LogP contribution is -2.21. The van der Waals surface area contributed by atoms with Crippen molar-refractivity contribution in [3.8, 4) is 0 Å². The molecule has 0 N–H and O–H groups in total. The van der Waals surface area contributed by atoms with Gasteiger partial charge in [0.2, 0.25) is 0 Å². The highest BCUT2D eigenvalue weighted by Crippen LogP contribution is 2.56. The Bertz CT molecular complexity index is 2830. The molecule has 5 aromatic carbocycles. The Kier molecular flexibility index (Phi) is 5.09. The molecular formula is C50H48N2. The SMILES string of the molecule is CC(C)(C)c1cc2c3cc4c(cc3n3c5ccc6c(c5c(c1)c23)C1CCC6CC1)c1cc(C(C)(C)C)cc2c3c5c(ccc3n4c12)C1CCC5CC1. The summed E-state index contributed by atoms with van der Waals surface area (Å²) in [6, 6.07) is 25.6. The molecule has 0 aliphatic heterocycles. The fraction of sp³-hybridized carbons (Fsp3) is 0.400. The molecule has 0 saturated heterocycles. The summed E-state index contributed by atoms with van der Waals surface area (Å²) in [7, 11) is 0. The third-order valence-corrected chi connectivity index (χ3v) is 15.3. The van der Waals surface area contributed by atoms with E-state index in [1.165, 1.54) is 128 Å². The van der Waals surface area contributed by atoms with Crippen LogP contribution in [0.3, 0.4) is 0 Å². The minimum absolute atomic E-state index is 0.0628. The van der Waals surface area contributed by atoms with E-state index >= 15 is 0 Å². The summed E-state index contributed by atoms with van der Waals surface area (Å²) >= 11 is 0. The summed E-state index contributed by atoms with van der Waals surface area (Å²) in [5.41, 5.74) is 18.2. The average molecular weight is 677 g/mol. The van der Waals surface area contributed by atoms with Crippen LogP contribution in [0.1, 0.15) is 150 Å². The first kappa shape index (κ1) is 29.2. The summed E-state index contributed by atoms with van der Waals surface area (Å²) in [6.07, 6.45) is 10.9. The molecule has 2 fully saturated rings. The third kappa shape index (κ3) is 3.33. The highest BCUT2D eigenvalue weighted by atomic mass is 14.9. The molecule has 4 heterocycles. The summed E-state index contributed by atoms with van der Waals surface area (Å²) in [5, 5.41) is 11.8. The Morgan fingerprint density at radius 3 is 1.15 bits per heavy atom. The van der Waals surface area contributed by atoms with Crippen LogP contribution in [0.2, 0.25) is 0 Å². The summed E-state index contributed by atoms with van der Waals surface area (Å²) in [6.45, 7) is 14.4. The van der Waals surface area contributed by atoms with E-state index < -0.39 is 0 Å². The molecule has 52 heavy (non-hydrogen) atoms. The van der Waals surface area contributed by atoms with E-state index in [0.29, 0.717) is 11.8 Å². The lowest BCUT2D eigenvalue weighted by Gasteiger charge is -2.38. The van der Waals surface area contributed by atoms with Crippen LogP contribution in [0.5, 0.6) is 0 Å². The van der Waals surface area contributed by atoms with Crippen LogP contribution in [0.4, 0.5) is 0 Å². The van der Waals surface area contributed by atoms with E-state index in [1.54, 1.807) is 33.0 Å². The van der Waals surface area contributed by atoms with Gasteiger partial charge in [-0.05, 0) is 168 Å². The molecule has 0 atom stereocenters. The normalized spacial score (nSPS) is 23.3. The maximum Gasteiger partial charge on any atom is 0.0620 e. The van der Waals surface area contributed by atoms with Gasteiger partial charge in [0, 0.05) is 43.1 Å². The van der Waals surface area contributed by atoms with Gasteiger partial charge in [-0.3, -0.25) is 0 Å². The van der Waals surface area contributed by atoms with Crippen molar-refractivity contribution < 1.29 is 0 Å². The topological polar surface area (TPSA) is 8.82 Å². The van der Waals surface area contributed by atoms with Crippen molar-refractivity contribution in [2.24, 2.45) is 0 Å². The molecule has 6 aliphatic rings. The van der Waals surface area contributed by atoms with Gasteiger partial charge in [0.1, 0.15) is 0 Å². The second-order valence-electron chi connectivity index (χ2n) is 19.9. The van der Waals surface area contributed by atoms with Gasteiger partial charge >= 0.3 is 0 Å². The molecule has 15 rings (SSSR count). The zero-order valence-electron chi connectivity index (χ0n) is 31.6. The number of hydrogen-bond acceptors (Lipinski definition) is 0. The molecule has 0 radical (unpaired) electrons. The molecule has 4 bridgehead atoms. The predicted molar refractivity (Wildman–Crippen MR) is 221 cm³/mol. The monoisotopic (exact) mass is 676 g/mol. The highest BCUT2D eigenvalue weighted by Gasteiger charge is 2.38. The van der Waals surface area contributed by atoms with E-state index in [2.05, 4.69) is 111 Å². The highest BCUT2D eigenvalue weighted by molar-refractivity contribution is 6.30. The first-order chi connectivity index (χ1) is 25.0. The number of fused-ring (bicyclic) bond motifs is 16. The van der Waals surface area contributed by atoms with Crippen molar-refractivity contribution in [2.45, 2.75) is 127 Å². The fourth-order valence-electron chi connectivity index (χ4n) is 12.7. The second-order valence-corrected chi connectivity index (χ2v) is 19.9. The minimum atomic E-state index is 0.0628. The van der Waals surface area contributed by atoms with Crippen molar-refractivity contribution in [3.63, 3.8) is 0 Å². The van der Waals surface area contributed by atoms with Crippen molar-refractivity contribution in [1.29, 1.82) is 0 Å². The van der Waals surface area contributed by atoms with Crippen molar-refractivity contribution in [3.05, 3.63) is 94.0 Å².